The van der Waals surface area contributed by atoms with E-state index in [1.165, 1.54) is 5.56 Å². The van der Waals surface area contributed by atoms with Gasteiger partial charge in [-0.25, -0.2) is 4.52 Å². The molecule has 136 valence electrons. The van der Waals surface area contributed by atoms with Crippen LogP contribution in [-0.4, -0.2) is 28.7 Å². The van der Waals surface area contributed by atoms with Gasteiger partial charge in [0, 0.05) is 6.20 Å². The topological polar surface area (TPSA) is 55.6 Å². The molecule has 5 nitrogen and oxygen atoms in total. The van der Waals surface area contributed by atoms with Gasteiger partial charge in [0.05, 0.1) is 23.8 Å². The van der Waals surface area contributed by atoms with Gasteiger partial charge in [0.25, 0.3) is 5.91 Å². The van der Waals surface area contributed by atoms with Crippen LogP contribution in [-0.2, 0) is 5.41 Å². The third-order valence-electron chi connectivity index (χ3n) is 4.29. The van der Waals surface area contributed by atoms with E-state index in [0.29, 0.717) is 18.7 Å². The van der Waals surface area contributed by atoms with Gasteiger partial charge in [-0.15, -0.1) is 0 Å². The minimum absolute atomic E-state index is 0.124. The van der Waals surface area contributed by atoms with Gasteiger partial charge in [0.2, 0.25) is 0 Å². The summed E-state index contributed by atoms with van der Waals surface area (Å²) in [6.07, 6.45) is 3.49. The van der Waals surface area contributed by atoms with Gasteiger partial charge in [-0.1, -0.05) is 39.0 Å². The van der Waals surface area contributed by atoms with Crippen molar-refractivity contribution < 1.29 is 9.53 Å². The number of aryl methyl sites for hydroxylation is 1. The Kier molecular flexibility index (Phi) is 4.98. The Morgan fingerprint density at radius 3 is 2.58 bits per heavy atom. The molecule has 3 rings (SSSR count). The Labute approximate surface area is 154 Å². The van der Waals surface area contributed by atoms with E-state index in [2.05, 4.69) is 43.3 Å². The minimum atomic E-state index is -0.143. The molecule has 5 heteroatoms. The first-order valence-corrected chi connectivity index (χ1v) is 8.80. The lowest BCUT2D eigenvalue weighted by Crippen LogP contribution is -2.28. The number of aromatic nitrogens is 2. The number of nitrogens with one attached hydrogen (secondary N) is 1. The highest BCUT2D eigenvalue weighted by Gasteiger charge is 2.13. The second-order valence-electron chi connectivity index (χ2n) is 7.47. The van der Waals surface area contributed by atoms with Crippen LogP contribution in [0.1, 0.15) is 42.3 Å². The number of hydrogen-bond donors (Lipinski definition) is 1. The molecule has 3 aromatic rings. The molecule has 0 radical (unpaired) electrons. The normalized spacial score (nSPS) is 11.5. The number of carbonyl (C=O) groups is 1. The third kappa shape index (κ3) is 4.04. The van der Waals surface area contributed by atoms with E-state index in [-0.39, 0.29) is 11.3 Å². The number of ether oxygens (including phenoxy) is 1. The SMILES string of the molecule is Cc1ccc2c(C(=O)NCCOc3ccc(C(C)(C)C)cc3)cnn2c1. The summed E-state index contributed by atoms with van der Waals surface area (Å²) >= 11 is 0. The van der Waals surface area contributed by atoms with E-state index in [4.69, 9.17) is 4.74 Å². The Morgan fingerprint density at radius 2 is 1.88 bits per heavy atom. The highest BCUT2D eigenvalue weighted by atomic mass is 16.5. The monoisotopic (exact) mass is 351 g/mol. The molecular formula is C21H25N3O2. The van der Waals surface area contributed by atoms with Crippen molar-refractivity contribution in [3.8, 4) is 5.75 Å². The number of nitrogens with zero attached hydrogens (tertiary/aromatic N) is 2. The van der Waals surface area contributed by atoms with Gasteiger partial charge in [0.1, 0.15) is 12.4 Å². The Balaban J connectivity index is 1.52. The van der Waals surface area contributed by atoms with E-state index >= 15 is 0 Å². The van der Waals surface area contributed by atoms with E-state index in [1.807, 2.05) is 37.4 Å². The van der Waals surface area contributed by atoms with Crippen molar-refractivity contribution in [2.24, 2.45) is 0 Å². The molecule has 26 heavy (non-hydrogen) atoms. The fourth-order valence-corrected chi connectivity index (χ4v) is 2.74. The second-order valence-corrected chi connectivity index (χ2v) is 7.47. The maximum atomic E-state index is 12.4. The molecule has 0 atom stereocenters. The van der Waals surface area contributed by atoms with Crippen LogP contribution < -0.4 is 10.1 Å². The van der Waals surface area contributed by atoms with Gasteiger partial charge in [-0.3, -0.25) is 4.79 Å². The number of rotatable bonds is 5. The molecule has 1 amide bonds. The molecule has 0 unspecified atom stereocenters. The summed E-state index contributed by atoms with van der Waals surface area (Å²) in [4.78, 5) is 12.4. The Morgan fingerprint density at radius 1 is 1.15 bits per heavy atom. The molecule has 0 aliphatic carbocycles. The zero-order chi connectivity index (χ0) is 18.7. The molecule has 0 aliphatic rings. The fourth-order valence-electron chi connectivity index (χ4n) is 2.74. The number of carbonyl (C=O) groups excluding carboxylic acids is 1. The predicted molar refractivity (Wildman–Crippen MR) is 103 cm³/mol. The summed E-state index contributed by atoms with van der Waals surface area (Å²) in [5.74, 6) is 0.661. The molecule has 0 fully saturated rings. The quantitative estimate of drug-likeness (QED) is 0.712. The maximum absolute atomic E-state index is 12.4. The van der Waals surface area contributed by atoms with Crippen molar-refractivity contribution in [2.75, 3.05) is 13.2 Å². The number of fused-ring (bicyclic) bond motifs is 1. The summed E-state index contributed by atoms with van der Waals surface area (Å²) in [7, 11) is 0. The average molecular weight is 351 g/mol. The van der Waals surface area contributed by atoms with Crippen LogP contribution in [0.5, 0.6) is 5.75 Å². The van der Waals surface area contributed by atoms with Crippen LogP contribution in [0.2, 0.25) is 0 Å². The van der Waals surface area contributed by atoms with E-state index < -0.39 is 0 Å². The van der Waals surface area contributed by atoms with E-state index in [1.54, 1.807) is 10.7 Å². The van der Waals surface area contributed by atoms with Crippen LogP contribution in [0.4, 0.5) is 0 Å². The predicted octanol–water partition coefficient (Wildman–Crippen LogP) is 3.75. The van der Waals surface area contributed by atoms with E-state index in [0.717, 1.165) is 16.8 Å². The summed E-state index contributed by atoms with van der Waals surface area (Å²) in [5, 5.41) is 7.11. The summed E-state index contributed by atoms with van der Waals surface area (Å²) < 4.78 is 7.43. The zero-order valence-electron chi connectivity index (χ0n) is 15.7. The Hall–Kier alpha value is -2.82. The molecule has 0 aliphatic heterocycles. The number of pyridine rings is 1. The molecule has 1 N–H and O–H groups in total. The molecule has 0 bridgehead atoms. The smallest absolute Gasteiger partial charge is 0.255 e. The fraction of sp³-hybridized carbons (Fsp3) is 0.333. The first kappa shape index (κ1) is 18.0. The van der Waals surface area contributed by atoms with Crippen molar-refractivity contribution in [3.05, 3.63) is 65.5 Å². The zero-order valence-corrected chi connectivity index (χ0v) is 15.7. The first-order valence-electron chi connectivity index (χ1n) is 8.80. The van der Waals surface area contributed by atoms with E-state index in [9.17, 15) is 4.79 Å². The highest BCUT2D eigenvalue weighted by Crippen LogP contribution is 2.24. The van der Waals surface area contributed by atoms with Crippen molar-refractivity contribution in [3.63, 3.8) is 0 Å². The molecule has 2 heterocycles. The average Bonchev–Trinajstić information content (AvgIpc) is 3.01. The van der Waals surface area contributed by atoms with Gasteiger partial charge in [-0.2, -0.15) is 5.10 Å². The summed E-state index contributed by atoms with van der Waals surface area (Å²) in [6, 6.07) is 12.0. The molecule has 0 saturated carbocycles. The first-order chi connectivity index (χ1) is 12.3. The lowest BCUT2D eigenvalue weighted by atomic mass is 9.87. The Bertz CT molecular complexity index is 905. The molecule has 0 saturated heterocycles. The number of amides is 1. The molecular weight excluding hydrogens is 326 g/mol. The van der Waals surface area contributed by atoms with Crippen molar-refractivity contribution in [1.29, 1.82) is 0 Å². The standard InChI is InChI=1S/C21H25N3O2/c1-15-5-10-19-18(13-23-24(19)14-15)20(25)22-11-12-26-17-8-6-16(7-9-17)21(2,3)4/h5-10,13-14H,11-12H2,1-4H3,(H,22,25). The lowest BCUT2D eigenvalue weighted by Gasteiger charge is -2.19. The largest absolute Gasteiger partial charge is 0.492 e. The van der Waals surface area contributed by atoms with Crippen molar-refractivity contribution >= 4 is 11.4 Å². The molecule has 2 aromatic heterocycles. The van der Waals surface area contributed by atoms with Crippen LogP contribution >= 0.6 is 0 Å². The molecule has 1 aromatic carbocycles. The van der Waals surface area contributed by atoms with Crippen molar-refractivity contribution in [1.82, 2.24) is 14.9 Å². The third-order valence-corrected chi connectivity index (χ3v) is 4.29. The number of hydrogen-bond acceptors (Lipinski definition) is 3. The van der Waals surface area contributed by atoms with Gasteiger partial charge in [-0.05, 0) is 41.7 Å². The van der Waals surface area contributed by atoms with Crippen LogP contribution in [0.15, 0.2) is 48.8 Å². The van der Waals surface area contributed by atoms with Crippen molar-refractivity contribution in [2.45, 2.75) is 33.1 Å². The highest BCUT2D eigenvalue weighted by molar-refractivity contribution is 6.00. The minimum Gasteiger partial charge on any atom is -0.492 e. The lowest BCUT2D eigenvalue weighted by molar-refractivity contribution is 0.0948. The van der Waals surface area contributed by atoms with Crippen LogP contribution in [0.3, 0.4) is 0 Å². The maximum Gasteiger partial charge on any atom is 0.255 e. The van der Waals surface area contributed by atoms with Gasteiger partial charge >= 0.3 is 0 Å². The molecule has 0 spiro atoms. The second kappa shape index (κ2) is 7.20. The van der Waals surface area contributed by atoms with Gasteiger partial charge < -0.3 is 10.1 Å². The van der Waals surface area contributed by atoms with Crippen LogP contribution in [0.25, 0.3) is 5.52 Å². The summed E-state index contributed by atoms with van der Waals surface area (Å²) in [6.45, 7) is 9.38. The van der Waals surface area contributed by atoms with Gasteiger partial charge in [0.15, 0.2) is 0 Å². The number of benzene rings is 1. The van der Waals surface area contributed by atoms with Crippen LogP contribution in [0, 0.1) is 6.92 Å². The summed E-state index contributed by atoms with van der Waals surface area (Å²) in [5.41, 5.74) is 3.85.